The first-order valence-corrected chi connectivity index (χ1v) is 11.9. The molecule has 0 unspecified atom stereocenters. The number of ether oxygens (including phenoxy) is 2. The van der Waals surface area contributed by atoms with Crippen LogP contribution in [0.2, 0.25) is 5.02 Å². The first kappa shape index (κ1) is 22.1. The number of carbonyl (C=O) groups is 1. The largest absolute Gasteiger partial charge is 0.490 e. The van der Waals surface area contributed by atoms with Gasteiger partial charge in [0.05, 0.1) is 32.9 Å². The number of fused-ring (bicyclic) bond motifs is 1. The third kappa shape index (κ3) is 4.53. The third-order valence-corrected chi connectivity index (χ3v) is 6.35. The minimum absolute atomic E-state index is 0.103. The van der Waals surface area contributed by atoms with Crippen molar-refractivity contribution in [3.63, 3.8) is 0 Å². The number of aryl methyl sites for hydroxylation is 1. The number of nitrogens with zero attached hydrogens (tertiary/aromatic N) is 3. The van der Waals surface area contributed by atoms with Gasteiger partial charge >= 0.3 is 5.97 Å². The van der Waals surface area contributed by atoms with Crippen LogP contribution in [0.5, 0.6) is 5.75 Å². The average molecular weight is 490 g/mol. The SMILES string of the molecule is Cc1nn(-c2ccccc2)c2nc(-c3cccs3)cc(C(=O)OCCOc3ccc(Cl)cc3)c12. The molecule has 0 amide bonds. The molecule has 0 saturated carbocycles. The Hall–Kier alpha value is -3.68. The van der Waals surface area contributed by atoms with E-state index in [1.54, 1.807) is 46.4 Å². The average Bonchev–Trinajstić information content (AvgIpc) is 3.51. The molecular weight excluding hydrogens is 470 g/mol. The van der Waals surface area contributed by atoms with Crippen LogP contribution in [0.4, 0.5) is 0 Å². The van der Waals surface area contributed by atoms with Crippen LogP contribution in [-0.2, 0) is 4.74 Å². The Bertz CT molecular complexity index is 1430. The summed E-state index contributed by atoms with van der Waals surface area (Å²) in [5.41, 5.74) is 3.31. The number of pyridine rings is 1. The normalized spacial score (nSPS) is 11.0. The first-order chi connectivity index (χ1) is 16.6. The van der Waals surface area contributed by atoms with Gasteiger partial charge in [0.1, 0.15) is 19.0 Å². The molecule has 5 aromatic rings. The van der Waals surface area contributed by atoms with Crippen molar-refractivity contribution >= 4 is 39.9 Å². The van der Waals surface area contributed by atoms with Crippen LogP contribution in [0.25, 0.3) is 27.3 Å². The summed E-state index contributed by atoms with van der Waals surface area (Å²) >= 11 is 7.46. The molecule has 0 saturated heterocycles. The van der Waals surface area contributed by atoms with Crippen molar-refractivity contribution in [3.8, 4) is 22.0 Å². The number of para-hydroxylation sites is 1. The highest BCUT2D eigenvalue weighted by Gasteiger charge is 2.22. The standard InChI is InChI=1S/C26H20ClN3O3S/c1-17-24-21(26(31)33-14-13-32-20-11-9-18(27)10-12-20)16-22(23-8-5-15-34-23)28-25(24)30(29-17)19-6-3-2-4-7-19/h2-12,15-16H,13-14H2,1H3. The van der Waals surface area contributed by atoms with E-state index in [-0.39, 0.29) is 13.2 Å². The van der Waals surface area contributed by atoms with E-state index < -0.39 is 5.97 Å². The van der Waals surface area contributed by atoms with Crippen LogP contribution in [0.1, 0.15) is 16.1 Å². The summed E-state index contributed by atoms with van der Waals surface area (Å²) in [6.45, 7) is 2.20. The van der Waals surface area contributed by atoms with Crippen LogP contribution in [0.3, 0.4) is 0 Å². The Labute approximate surface area is 205 Å². The van der Waals surface area contributed by atoms with Gasteiger partial charge in [-0.05, 0) is 60.8 Å². The number of hydrogen-bond acceptors (Lipinski definition) is 6. The van der Waals surface area contributed by atoms with E-state index in [1.165, 1.54) is 0 Å². The molecule has 0 spiro atoms. The first-order valence-electron chi connectivity index (χ1n) is 10.7. The smallest absolute Gasteiger partial charge is 0.339 e. The summed E-state index contributed by atoms with van der Waals surface area (Å²) in [5, 5.41) is 7.97. The van der Waals surface area contributed by atoms with E-state index in [4.69, 9.17) is 26.1 Å². The Morgan fingerprint density at radius 3 is 2.56 bits per heavy atom. The van der Waals surface area contributed by atoms with E-state index in [0.29, 0.717) is 38.8 Å². The van der Waals surface area contributed by atoms with Crippen LogP contribution in [0.15, 0.2) is 78.2 Å². The molecule has 5 rings (SSSR count). The number of halogens is 1. The van der Waals surface area contributed by atoms with Gasteiger partial charge in [0.2, 0.25) is 0 Å². The number of rotatable bonds is 7. The Morgan fingerprint density at radius 1 is 1.03 bits per heavy atom. The number of aromatic nitrogens is 3. The van der Waals surface area contributed by atoms with E-state index in [1.807, 2.05) is 54.8 Å². The summed E-state index contributed by atoms with van der Waals surface area (Å²) in [4.78, 5) is 19.0. The van der Waals surface area contributed by atoms with E-state index in [0.717, 1.165) is 10.6 Å². The van der Waals surface area contributed by atoms with Gasteiger partial charge in [0.25, 0.3) is 0 Å². The number of hydrogen-bond donors (Lipinski definition) is 0. The van der Waals surface area contributed by atoms with E-state index >= 15 is 0 Å². The molecule has 170 valence electrons. The lowest BCUT2D eigenvalue weighted by Gasteiger charge is -2.10. The molecule has 0 fully saturated rings. The molecule has 2 aromatic carbocycles. The molecule has 6 nitrogen and oxygen atoms in total. The van der Waals surface area contributed by atoms with Gasteiger partial charge < -0.3 is 9.47 Å². The summed E-state index contributed by atoms with van der Waals surface area (Å²) in [6, 6.07) is 22.5. The quantitative estimate of drug-likeness (QED) is 0.197. The summed E-state index contributed by atoms with van der Waals surface area (Å²) in [6.07, 6.45) is 0. The van der Waals surface area contributed by atoms with Gasteiger partial charge in [-0.1, -0.05) is 35.9 Å². The van der Waals surface area contributed by atoms with Crippen molar-refractivity contribution in [1.82, 2.24) is 14.8 Å². The molecule has 0 atom stereocenters. The second-order valence-electron chi connectivity index (χ2n) is 7.50. The highest BCUT2D eigenvalue weighted by atomic mass is 35.5. The molecular formula is C26H20ClN3O3S. The zero-order valence-corrected chi connectivity index (χ0v) is 19.8. The van der Waals surface area contributed by atoms with Crippen LogP contribution >= 0.6 is 22.9 Å². The molecule has 0 aliphatic carbocycles. The lowest BCUT2D eigenvalue weighted by atomic mass is 10.1. The van der Waals surface area contributed by atoms with Gasteiger partial charge in [0, 0.05) is 5.02 Å². The predicted molar refractivity (Wildman–Crippen MR) is 134 cm³/mol. The monoisotopic (exact) mass is 489 g/mol. The number of carbonyl (C=O) groups excluding carboxylic acids is 1. The third-order valence-electron chi connectivity index (χ3n) is 5.21. The van der Waals surface area contributed by atoms with Gasteiger partial charge in [-0.3, -0.25) is 0 Å². The Morgan fingerprint density at radius 2 is 1.82 bits per heavy atom. The molecule has 8 heteroatoms. The Balaban J connectivity index is 1.46. The van der Waals surface area contributed by atoms with Crippen molar-refractivity contribution in [3.05, 3.63) is 94.5 Å². The van der Waals surface area contributed by atoms with Crippen LogP contribution in [-0.4, -0.2) is 33.9 Å². The van der Waals surface area contributed by atoms with E-state index in [2.05, 4.69) is 5.10 Å². The van der Waals surface area contributed by atoms with Gasteiger partial charge in [-0.15, -0.1) is 11.3 Å². The maximum Gasteiger partial charge on any atom is 0.339 e. The second-order valence-corrected chi connectivity index (χ2v) is 8.89. The molecule has 3 aromatic heterocycles. The lowest BCUT2D eigenvalue weighted by Crippen LogP contribution is -2.13. The molecule has 0 aliphatic heterocycles. The zero-order valence-electron chi connectivity index (χ0n) is 18.3. The molecule has 0 aliphatic rings. The van der Waals surface area contributed by atoms with Crippen LogP contribution < -0.4 is 4.74 Å². The van der Waals surface area contributed by atoms with Crippen molar-refractivity contribution in [2.75, 3.05) is 13.2 Å². The summed E-state index contributed by atoms with van der Waals surface area (Å²) in [7, 11) is 0. The minimum atomic E-state index is -0.444. The van der Waals surface area contributed by atoms with Gasteiger partial charge in [0.15, 0.2) is 5.65 Å². The number of benzene rings is 2. The molecule has 0 bridgehead atoms. The fourth-order valence-corrected chi connectivity index (χ4v) is 4.46. The van der Waals surface area contributed by atoms with Crippen molar-refractivity contribution in [2.45, 2.75) is 6.92 Å². The number of esters is 1. The highest BCUT2D eigenvalue weighted by molar-refractivity contribution is 7.13. The fraction of sp³-hybridized carbons (Fsp3) is 0.115. The van der Waals surface area contributed by atoms with Crippen molar-refractivity contribution in [1.29, 1.82) is 0 Å². The zero-order chi connectivity index (χ0) is 23.5. The summed E-state index contributed by atoms with van der Waals surface area (Å²) < 4.78 is 13.0. The van der Waals surface area contributed by atoms with Crippen molar-refractivity contribution < 1.29 is 14.3 Å². The Kier molecular flexibility index (Phi) is 6.29. The fourth-order valence-electron chi connectivity index (χ4n) is 3.65. The predicted octanol–water partition coefficient (Wildman–Crippen LogP) is 6.35. The maximum atomic E-state index is 13.2. The maximum absolute atomic E-state index is 13.2. The number of thiophene rings is 1. The highest BCUT2D eigenvalue weighted by Crippen LogP contribution is 2.31. The summed E-state index contributed by atoms with van der Waals surface area (Å²) in [5.74, 6) is 0.215. The molecule has 0 radical (unpaired) electrons. The van der Waals surface area contributed by atoms with Crippen molar-refractivity contribution in [2.24, 2.45) is 0 Å². The molecule has 0 N–H and O–H groups in total. The van der Waals surface area contributed by atoms with Gasteiger partial charge in [-0.2, -0.15) is 5.10 Å². The molecule has 3 heterocycles. The lowest BCUT2D eigenvalue weighted by molar-refractivity contribution is 0.0452. The topological polar surface area (TPSA) is 66.2 Å². The van der Waals surface area contributed by atoms with E-state index in [9.17, 15) is 4.79 Å². The van der Waals surface area contributed by atoms with Gasteiger partial charge in [-0.25, -0.2) is 14.5 Å². The second kappa shape index (κ2) is 9.67. The molecule has 34 heavy (non-hydrogen) atoms. The minimum Gasteiger partial charge on any atom is -0.490 e. The van der Waals surface area contributed by atoms with Crippen LogP contribution in [0, 0.1) is 6.92 Å².